The minimum atomic E-state index is 0.0818. The fraction of sp³-hybridized carbons (Fsp3) is 0.154. The number of amidine groups is 1. The van der Waals surface area contributed by atoms with Gasteiger partial charge in [-0.25, -0.2) is 9.97 Å². The molecule has 0 fully saturated rings. The zero-order valence-corrected chi connectivity index (χ0v) is 11.5. The molecule has 0 saturated heterocycles. The van der Waals surface area contributed by atoms with Gasteiger partial charge in [-0.05, 0) is 42.8 Å². The number of rotatable bonds is 3. The molecule has 0 spiro atoms. The number of nitrogens with two attached hydrogens (primary N) is 1. The third-order valence-electron chi connectivity index (χ3n) is 2.55. The predicted molar refractivity (Wildman–Crippen MR) is 74.6 cm³/mol. The van der Waals surface area contributed by atoms with Crippen molar-refractivity contribution in [2.45, 2.75) is 23.9 Å². The summed E-state index contributed by atoms with van der Waals surface area (Å²) in [5.41, 5.74) is 8.40. The van der Waals surface area contributed by atoms with Gasteiger partial charge < -0.3 is 10.9 Å². The molecule has 1 aromatic carbocycles. The van der Waals surface area contributed by atoms with Crippen molar-refractivity contribution in [3.05, 3.63) is 47.3 Å². The molecule has 2 rings (SSSR count). The topological polar surface area (TPSA) is 84.4 Å². The molecule has 98 valence electrons. The standard InChI is InChI=1S/C13H14N4OS/c1-8-6-15-13(16-7-8)19-11-9(2)4-3-5-10(11)12(14)17-18/h3-7,18H,1-2H3,(H2,14,17). The summed E-state index contributed by atoms with van der Waals surface area (Å²) in [4.78, 5) is 9.39. The van der Waals surface area contributed by atoms with Gasteiger partial charge in [0, 0.05) is 22.9 Å². The van der Waals surface area contributed by atoms with Gasteiger partial charge in [-0.2, -0.15) is 0 Å². The molecule has 0 aliphatic carbocycles. The second kappa shape index (κ2) is 5.71. The van der Waals surface area contributed by atoms with Gasteiger partial charge in [0.05, 0.1) is 0 Å². The summed E-state index contributed by atoms with van der Waals surface area (Å²) in [5, 5.41) is 12.5. The number of benzene rings is 1. The highest BCUT2D eigenvalue weighted by Gasteiger charge is 2.12. The molecular weight excluding hydrogens is 260 g/mol. The van der Waals surface area contributed by atoms with Crippen molar-refractivity contribution < 1.29 is 5.21 Å². The average molecular weight is 274 g/mol. The van der Waals surface area contributed by atoms with E-state index >= 15 is 0 Å². The Morgan fingerprint density at radius 3 is 2.58 bits per heavy atom. The summed E-state index contributed by atoms with van der Waals surface area (Å²) in [7, 11) is 0. The quantitative estimate of drug-likeness (QED) is 0.295. The minimum absolute atomic E-state index is 0.0818. The van der Waals surface area contributed by atoms with E-state index < -0.39 is 0 Å². The van der Waals surface area contributed by atoms with Crippen LogP contribution in [-0.4, -0.2) is 21.0 Å². The molecule has 19 heavy (non-hydrogen) atoms. The molecule has 0 bridgehead atoms. The molecule has 1 heterocycles. The van der Waals surface area contributed by atoms with Gasteiger partial charge in [0.25, 0.3) is 0 Å². The van der Waals surface area contributed by atoms with Crippen LogP contribution in [0.4, 0.5) is 0 Å². The van der Waals surface area contributed by atoms with E-state index in [1.807, 2.05) is 26.0 Å². The Labute approximate surface area is 115 Å². The van der Waals surface area contributed by atoms with Crippen LogP contribution in [0.5, 0.6) is 0 Å². The van der Waals surface area contributed by atoms with Gasteiger partial charge >= 0.3 is 0 Å². The third-order valence-corrected chi connectivity index (χ3v) is 3.69. The number of hydrogen-bond acceptors (Lipinski definition) is 5. The Morgan fingerprint density at radius 1 is 1.26 bits per heavy atom. The molecule has 6 heteroatoms. The van der Waals surface area contributed by atoms with Crippen LogP contribution in [0.2, 0.25) is 0 Å². The Morgan fingerprint density at radius 2 is 1.95 bits per heavy atom. The highest BCUT2D eigenvalue weighted by atomic mass is 32.2. The van der Waals surface area contributed by atoms with Crippen LogP contribution in [0.15, 0.2) is 45.8 Å². The first-order valence-electron chi connectivity index (χ1n) is 5.66. The van der Waals surface area contributed by atoms with Crippen LogP contribution in [0.1, 0.15) is 16.7 Å². The normalized spacial score (nSPS) is 11.6. The van der Waals surface area contributed by atoms with Crippen molar-refractivity contribution in [2.24, 2.45) is 10.9 Å². The average Bonchev–Trinajstić information content (AvgIpc) is 2.42. The molecule has 2 aromatic rings. The summed E-state index contributed by atoms with van der Waals surface area (Å²) in [6, 6.07) is 5.63. The van der Waals surface area contributed by atoms with Crippen LogP contribution in [0.3, 0.4) is 0 Å². The van der Waals surface area contributed by atoms with Crippen molar-refractivity contribution in [2.75, 3.05) is 0 Å². The highest BCUT2D eigenvalue weighted by molar-refractivity contribution is 7.99. The van der Waals surface area contributed by atoms with Crippen LogP contribution in [-0.2, 0) is 0 Å². The van der Waals surface area contributed by atoms with Gasteiger partial charge in [0.2, 0.25) is 0 Å². The van der Waals surface area contributed by atoms with E-state index in [9.17, 15) is 0 Å². The van der Waals surface area contributed by atoms with Gasteiger partial charge in [0.15, 0.2) is 11.0 Å². The van der Waals surface area contributed by atoms with Crippen molar-refractivity contribution in [1.29, 1.82) is 0 Å². The molecular formula is C13H14N4OS. The number of hydrogen-bond donors (Lipinski definition) is 2. The third kappa shape index (κ3) is 3.03. The Bertz CT molecular complexity index is 611. The van der Waals surface area contributed by atoms with Gasteiger partial charge in [-0.1, -0.05) is 17.3 Å². The summed E-state index contributed by atoms with van der Waals surface area (Å²) in [5.74, 6) is 0.0818. The first kappa shape index (κ1) is 13.4. The molecule has 0 unspecified atom stereocenters. The maximum atomic E-state index is 8.83. The molecule has 0 aliphatic heterocycles. The maximum absolute atomic E-state index is 8.83. The first-order valence-corrected chi connectivity index (χ1v) is 6.47. The molecule has 0 radical (unpaired) electrons. The Kier molecular flexibility index (Phi) is 4.01. The summed E-state index contributed by atoms with van der Waals surface area (Å²) < 4.78 is 0. The van der Waals surface area contributed by atoms with Crippen molar-refractivity contribution in [1.82, 2.24) is 9.97 Å². The summed E-state index contributed by atoms with van der Waals surface area (Å²) in [6.45, 7) is 3.90. The monoisotopic (exact) mass is 274 g/mol. The van der Waals surface area contributed by atoms with Crippen molar-refractivity contribution in [3.63, 3.8) is 0 Å². The zero-order valence-electron chi connectivity index (χ0n) is 10.7. The second-order valence-corrected chi connectivity index (χ2v) is 5.06. The fourth-order valence-corrected chi connectivity index (χ4v) is 2.47. The van der Waals surface area contributed by atoms with Gasteiger partial charge in [-0.15, -0.1) is 0 Å². The smallest absolute Gasteiger partial charge is 0.192 e. The maximum Gasteiger partial charge on any atom is 0.192 e. The van der Waals surface area contributed by atoms with Crippen LogP contribution >= 0.6 is 11.8 Å². The predicted octanol–water partition coefficient (Wildman–Crippen LogP) is 2.34. The first-order chi connectivity index (χ1) is 9.11. The molecule has 0 saturated carbocycles. The van der Waals surface area contributed by atoms with Crippen LogP contribution in [0.25, 0.3) is 0 Å². The lowest BCUT2D eigenvalue weighted by Crippen LogP contribution is -2.14. The lowest BCUT2D eigenvalue weighted by molar-refractivity contribution is 0.318. The van der Waals surface area contributed by atoms with E-state index in [0.29, 0.717) is 10.7 Å². The Balaban J connectivity index is 2.41. The van der Waals surface area contributed by atoms with E-state index in [-0.39, 0.29) is 5.84 Å². The van der Waals surface area contributed by atoms with E-state index in [4.69, 9.17) is 10.9 Å². The van der Waals surface area contributed by atoms with E-state index in [2.05, 4.69) is 15.1 Å². The molecule has 0 aliphatic rings. The SMILES string of the molecule is Cc1cnc(Sc2c(C)cccc2/C(N)=N/O)nc1. The highest BCUT2D eigenvalue weighted by Crippen LogP contribution is 2.30. The molecule has 0 amide bonds. The van der Waals surface area contributed by atoms with Crippen molar-refractivity contribution >= 4 is 17.6 Å². The Hall–Kier alpha value is -2.08. The molecule has 0 atom stereocenters. The largest absolute Gasteiger partial charge is 0.409 e. The van der Waals surface area contributed by atoms with Crippen LogP contribution < -0.4 is 5.73 Å². The van der Waals surface area contributed by atoms with Crippen molar-refractivity contribution in [3.8, 4) is 0 Å². The molecule has 3 N–H and O–H groups in total. The number of oxime groups is 1. The number of nitrogens with zero attached hydrogens (tertiary/aromatic N) is 3. The summed E-state index contributed by atoms with van der Waals surface area (Å²) >= 11 is 1.40. The lowest BCUT2D eigenvalue weighted by atomic mass is 10.1. The number of aromatic nitrogens is 2. The fourth-order valence-electron chi connectivity index (χ4n) is 1.57. The van der Waals surface area contributed by atoms with E-state index in [1.165, 1.54) is 11.8 Å². The zero-order chi connectivity index (χ0) is 13.8. The van der Waals surface area contributed by atoms with E-state index in [0.717, 1.165) is 16.0 Å². The van der Waals surface area contributed by atoms with Gasteiger partial charge in [-0.3, -0.25) is 0 Å². The van der Waals surface area contributed by atoms with Gasteiger partial charge in [0.1, 0.15) is 0 Å². The van der Waals surface area contributed by atoms with Crippen LogP contribution in [0, 0.1) is 13.8 Å². The molecule has 5 nitrogen and oxygen atoms in total. The number of aryl methyl sites for hydroxylation is 2. The van der Waals surface area contributed by atoms with E-state index in [1.54, 1.807) is 18.5 Å². The lowest BCUT2D eigenvalue weighted by Gasteiger charge is -2.10. The summed E-state index contributed by atoms with van der Waals surface area (Å²) in [6.07, 6.45) is 3.52. The minimum Gasteiger partial charge on any atom is -0.409 e. The second-order valence-electron chi connectivity index (χ2n) is 4.08. The molecule has 1 aromatic heterocycles.